The van der Waals surface area contributed by atoms with E-state index in [0.29, 0.717) is 12.6 Å². The Bertz CT molecular complexity index is 779. The van der Waals surface area contributed by atoms with Gasteiger partial charge in [-0.25, -0.2) is 13.1 Å². The molecule has 1 amide bonds. The molecule has 1 aromatic rings. The molecule has 9 heteroatoms. The maximum Gasteiger partial charge on any atom is 0.255 e. The number of ether oxygens (including phenoxy) is 1. The Labute approximate surface area is 154 Å². The molecule has 0 aromatic heterocycles. The van der Waals surface area contributed by atoms with Crippen LogP contribution in [0, 0.1) is 0 Å². The molecule has 5 N–H and O–H groups in total. The smallest absolute Gasteiger partial charge is 0.255 e. The minimum atomic E-state index is -3.78. The molecule has 0 aliphatic carbocycles. The lowest BCUT2D eigenvalue weighted by Crippen LogP contribution is -3.14. The zero-order chi connectivity index (χ0) is 19.3. The van der Waals surface area contributed by atoms with Crippen LogP contribution in [0.3, 0.4) is 0 Å². The second kappa shape index (κ2) is 8.52. The summed E-state index contributed by atoms with van der Waals surface area (Å²) in [6, 6.07) is 2.92. The third-order valence-electron chi connectivity index (χ3n) is 4.68. The molecule has 1 aliphatic rings. The van der Waals surface area contributed by atoms with Gasteiger partial charge in [0.1, 0.15) is 16.7 Å². The highest BCUT2D eigenvalue weighted by molar-refractivity contribution is 7.89. The van der Waals surface area contributed by atoms with Crippen LogP contribution in [0.2, 0.25) is 0 Å². The number of methoxy groups -OCH3 is 1. The van der Waals surface area contributed by atoms with Gasteiger partial charge in [-0.3, -0.25) is 4.79 Å². The second-order valence-electron chi connectivity index (χ2n) is 6.25. The van der Waals surface area contributed by atoms with Gasteiger partial charge in [0.05, 0.1) is 38.0 Å². The predicted octanol–water partition coefficient (Wildman–Crippen LogP) is -0.851. The van der Waals surface area contributed by atoms with Gasteiger partial charge >= 0.3 is 0 Å². The topological polar surface area (TPSA) is 115 Å². The molecule has 8 nitrogen and oxygen atoms in total. The summed E-state index contributed by atoms with van der Waals surface area (Å²) >= 11 is 0. The van der Waals surface area contributed by atoms with Crippen LogP contribution in [-0.2, 0) is 10.0 Å². The molecule has 0 spiro atoms. The number of hydrogen-bond donors (Lipinski definition) is 4. The summed E-state index contributed by atoms with van der Waals surface area (Å²) in [5.74, 6) is -0.156. The van der Waals surface area contributed by atoms with Gasteiger partial charge in [-0.15, -0.1) is 0 Å². The molecular formula is C17H27N4O4S+. The summed E-state index contributed by atoms with van der Waals surface area (Å²) in [4.78, 5) is 13.9. The number of carbonyl (C=O) groups excluding carboxylic acids is 1. The number of carbonyl (C=O) groups is 1. The van der Waals surface area contributed by atoms with E-state index in [4.69, 9.17) is 10.5 Å². The Balaban J connectivity index is 2.22. The van der Waals surface area contributed by atoms with Crippen LogP contribution in [0.15, 0.2) is 29.7 Å². The third-order valence-corrected chi connectivity index (χ3v) is 6.15. The lowest BCUT2D eigenvalue weighted by atomic mass is 10.1. The molecule has 2 rings (SSSR count). The Hall–Kier alpha value is -2.10. The number of quaternary nitrogens is 1. The lowest BCUT2D eigenvalue weighted by Gasteiger charge is -2.21. The first-order chi connectivity index (χ1) is 12.3. The monoisotopic (exact) mass is 383 g/mol. The van der Waals surface area contributed by atoms with Gasteiger partial charge in [0.25, 0.3) is 5.91 Å². The molecule has 2 atom stereocenters. The van der Waals surface area contributed by atoms with Gasteiger partial charge in [0.2, 0.25) is 10.0 Å². The number of rotatable bonds is 8. The number of nitrogens with two attached hydrogens (primary N) is 1. The van der Waals surface area contributed by atoms with Crippen molar-refractivity contribution in [2.45, 2.75) is 23.8 Å². The quantitative estimate of drug-likeness (QED) is 0.345. The van der Waals surface area contributed by atoms with Crippen molar-refractivity contribution >= 4 is 21.6 Å². The summed E-state index contributed by atoms with van der Waals surface area (Å²) in [5, 5.41) is 2.89. The van der Waals surface area contributed by atoms with Gasteiger partial charge in [0.15, 0.2) is 0 Å². The predicted molar refractivity (Wildman–Crippen MR) is 99.9 cm³/mol. The van der Waals surface area contributed by atoms with Crippen LogP contribution in [0.1, 0.15) is 23.2 Å². The van der Waals surface area contributed by atoms with Gasteiger partial charge in [-0.2, -0.15) is 0 Å². The lowest BCUT2D eigenvalue weighted by molar-refractivity contribution is -0.905. The molecule has 144 valence electrons. The maximum absolute atomic E-state index is 12.6. The van der Waals surface area contributed by atoms with Crippen LogP contribution >= 0.6 is 0 Å². The molecular weight excluding hydrogens is 356 g/mol. The summed E-state index contributed by atoms with van der Waals surface area (Å²) in [5.41, 5.74) is 5.97. The van der Waals surface area contributed by atoms with Crippen molar-refractivity contribution in [3.63, 3.8) is 0 Å². The van der Waals surface area contributed by atoms with Crippen LogP contribution in [0.4, 0.5) is 5.69 Å². The van der Waals surface area contributed by atoms with Gasteiger partial charge < -0.3 is 20.7 Å². The van der Waals surface area contributed by atoms with Crippen molar-refractivity contribution in [2.24, 2.45) is 0 Å². The van der Waals surface area contributed by atoms with Gasteiger partial charge in [-0.05, 0) is 19.2 Å². The van der Waals surface area contributed by atoms with Crippen LogP contribution in [-0.4, -0.2) is 54.2 Å². The minimum Gasteiger partial charge on any atom is -0.496 e. The van der Waals surface area contributed by atoms with Crippen molar-refractivity contribution < 1.29 is 22.8 Å². The number of anilines is 1. The van der Waals surface area contributed by atoms with Crippen molar-refractivity contribution in [1.29, 1.82) is 0 Å². The molecule has 1 unspecified atom stereocenters. The Morgan fingerprint density at radius 2 is 2.23 bits per heavy atom. The summed E-state index contributed by atoms with van der Waals surface area (Å²) in [6.45, 7) is 6.19. The number of hydrogen-bond acceptors (Lipinski definition) is 5. The Kier molecular flexibility index (Phi) is 6.63. The van der Waals surface area contributed by atoms with Crippen molar-refractivity contribution in [2.75, 3.05) is 39.5 Å². The molecule has 1 aliphatic heterocycles. The highest BCUT2D eigenvalue weighted by Crippen LogP contribution is 2.28. The summed E-state index contributed by atoms with van der Waals surface area (Å²) in [7, 11) is -1.09. The molecule has 0 saturated carbocycles. The summed E-state index contributed by atoms with van der Waals surface area (Å²) < 4.78 is 31.6. The molecule has 1 aromatic carbocycles. The highest BCUT2D eigenvalue weighted by Gasteiger charge is 2.28. The largest absolute Gasteiger partial charge is 0.496 e. The molecule has 0 bridgehead atoms. The number of amides is 1. The molecule has 1 heterocycles. The Morgan fingerprint density at radius 1 is 1.50 bits per heavy atom. The minimum absolute atomic E-state index is 0.0187. The van der Waals surface area contributed by atoms with Crippen molar-refractivity contribution in [3.8, 4) is 5.75 Å². The molecule has 0 radical (unpaired) electrons. The number of nitrogens with one attached hydrogen (secondary N) is 3. The van der Waals surface area contributed by atoms with E-state index in [1.165, 1.54) is 31.2 Å². The van der Waals surface area contributed by atoms with Gasteiger partial charge in [-0.1, -0.05) is 6.58 Å². The second-order valence-corrected chi connectivity index (χ2v) is 8.10. The van der Waals surface area contributed by atoms with E-state index in [0.717, 1.165) is 25.9 Å². The van der Waals surface area contributed by atoms with Crippen molar-refractivity contribution in [1.82, 2.24) is 10.0 Å². The first kappa shape index (κ1) is 20.2. The zero-order valence-electron chi connectivity index (χ0n) is 15.2. The summed E-state index contributed by atoms with van der Waals surface area (Å²) in [6.07, 6.45) is 4.02. The number of benzene rings is 1. The number of sulfonamides is 1. The SMILES string of the molecule is C=CC[NH+]1CCC[C@H]1CNC(=O)c1cc(S(=O)(=O)NC)c(N)cc1OC. The number of likely N-dealkylation sites (tertiary alicyclic amines) is 1. The maximum atomic E-state index is 12.6. The van der Waals surface area contributed by atoms with Crippen molar-refractivity contribution in [3.05, 3.63) is 30.4 Å². The average molecular weight is 383 g/mol. The van der Waals surface area contributed by atoms with Crippen LogP contribution < -0.4 is 25.4 Å². The fraction of sp³-hybridized carbons (Fsp3) is 0.471. The number of nitrogen functional groups attached to an aromatic ring is 1. The van der Waals surface area contributed by atoms with E-state index >= 15 is 0 Å². The highest BCUT2D eigenvalue weighted by atomic mass is 32.2. The van der Waals surface area contributed by atoms with E-state index in [-0.39, 0.29) is 27.8 Å². The van der Waals surface area contributed by atoms with E-state index < -0.39 is 10.0 Å². The molecule has 1 fully saturated rings. The third kappa shape index (κ3) is 4.35. The van der Waals surface area contributed by atoms with E-state index in [2.05, 4.69) is 16.6 Å². The van der Waals surface area contributed by atoms with Crippen LogP contribution in [0.25, 0.3) is 0 Å². The van der Waals surface area contributed by atoms with E-state index in [1.54, 1.807) is 0 Å². The first-order valence-electron chi connectivity index (χ1n) is 8.48. The fourth-order valence-electron chi connectivity index (χ4n) is 3.26. The molecule has 26 heavy (non-hydrogen) atoms. The van der Waals surface area contributed by atoms with Crippen LogP contribution in [0.5, 0.6) is 5.75 Å². The zero-order valence-corrected chi connectivity index (χ0v) is 16.0. The first-order valence-corrected chi connectivity index (χ1v) is 9.97. The average Bonchev–Trinajstić information content (AvgIpc) is 3.06. The fourth-order valence-corrected chi connectivity index (χ4v) is 4.12. The standard InChI is InChI=1S/C17H26N4O4S/c1-4-7-21-8-5-6-12(21)11-20-17(22)13-9-16(26(23,24)19-2)14(18)10-15(13)25-3/h4,9-10,12,19H,1,5-8,11,18H2,2-3H3,(H,20,22)/p+1/t12-/m0/s1. The van der Waals surface area contributed by atoms with E-state index in [9.17, 15) is 13.2 Å². The Morgan fingerprint density at radius 3 is 2.85 bits per heavy atom. The van der Waals surface area contributed by atoms with Gasteiger partial charge in [0, 0.05) is 18.9 Å². The van der Waals surface area contributed by atoms with E-state index in [1.807, 2.05) is 6.08 Å². The molecule has 1 saturated heterocycles. The normalized spacial score (nSPS) is 19.9.